The molecule has 2 N–H and O–H groups in total. The van der Waals surface area contributed by atoms with Gasteiger partial charge >= 0.3 is 12.1 Å². The number of carbonyl (C=O) groups is 2. The van der Waals surface area contributed by atoms with Gasteiger partial charge in [-0.15, -0.1) is 0 Å². The molecule has 0 aliphatic heterocycles. The number of unbranched alkanes of at least 4 members (excludes halogenated alkanes) is 9. The van der Waals surface area contributed by atoms with Crippen LogP contribution in [0.4, 0.5) is 9.59 Å². The number of hydrazine groups is 1. The summed E-state index contributed by atoms with van der Waals surface area (Å²) < 4.78 is 0. The predicted molar refractivity (Wildman–Crippen MR) is 135 cm³/mol. The molecule has 0 aromatic rings. The maximum atomic E-state index is 13.2. The highest BCUT2D eigenvalue weighted by atomic mass is 16.2. The molecule has 1 rings (SSSR count). The first-order valence-electron chi connectivity index (χ1n) is 13.8. The van der Waals surface area contributed by atoms with Gasteiger partial charge in [0.05, 0.1) is 6.04 Å². The van der Waals surface area contributed by atoms with E-state index in [2.05, 4.69) is 31.5 Å². The fourth-order valence-corrected chi connectivity index (χ4v) is 4.43. The second-order valence-electron chi connectivity index (χ2n) is 9.48. The summed E-state index contributed by atoms with van der Waals surface area (Å²) in [7, 11) is 0. The maximum absolute atomic E-state index is 13.2. The first kappa shape index (κ1) is 28.6. The molecule has 6 nitrogen and oxygen atoms in total. The summed E-state index contributed by atoms with van der Waals surface area (Å²) in [5, 5.41) is 4.69. The van der Waals surface area contributed by atoms with E-state index in [1.165, 1.54) is 44.9 Å². The van der Waals surface area contributed by atoms with Crippen LogP contribution >= 0.6 is 0 Å². The Morgan fingerprint density at radius 2 is 1.22 bits per heavy atom. The van der Waals surface area contributed by atoms with Crippen LogP contribution in [0.5, 0.6) is 0 Å². The number of rotatable bonds is 16. The van der Waals surface area contributed by atoms with Crippen molar-refractivity contribution in [2.45, 2.75) is 136 Å². The Bertz CT molecular complexity index is 468. The SMILES string of the molecule is CCCCCCNC(=O)N(NC(=O)N(CCCCCC)CCCCCC)C1CCCCC1. The maximum Gasteiger partial charge on any atom is 0.336 e. The Hall–Kier alpha value is -1.46. The van der Waals surface area contributed by atoms with Crippen molar-refractivity contribution in [1.82, 2.24) is 20.7 Å². The molecule has 32 heavy (non-hydrogen) atoms. The lowest BCUT2D eigenvalue weighted by atomic mass is 9.95. The van der Waals surface area contributed by atoms with Gasteiger partial charge in [-0.05, 0) is 32.1 Å². The third kappa shape index (κ3) is 12.5. The Kier molecular flexibility index (Phi) is 17.0. The fraction of sp³-hybridized carbons (Fsp3) is 0.923. The van der Waals surface area contributed by atoms with Gasteiger partial charge in [0.25, 0.3) is 0 Å². The summed E-state index contributed by atoms with van der Waals surface area (Å²) in [6.45, 7) is 8.82. The van der Waals surface area contributed by atoms with Gasteiger partial charge < -0.3 is 10.2 Å². The second kappa shape index (κ2) is 19.0. The van der Waals surface area contributed by atoms with E-state index in [0.29, 0.717) is 6.54 Å². The third-order valence-electron chi connectivity index (χ3n) is 6.53. The fourth-order valence-electron chi connectivity index (χ4n) is 4.43. The molecule has 0 radical (unpaired) electrons. The van der Waals surface area contributed by atoms with Crippen LogP contribution in [-0.2, 0) is 0 Å². The molecule has 1 aliphatic carbocycles. The number of nitrogens with zero attached hydrogens (tertiary/aromatic N) is 2. The van der Waals surface area contributed by atoms with Crippen LogP contribution in [-0.4, -0.2) is 47.6 Å². The van der Waals surface area contributed by atoms with Crippen LogP contribution in [0, 0.1) is 0 Å². The van der Waals surface area contributed by atoms with Gasteiger partial charge in [-0.3, -0.25) is 0 Å². The smallest absolute Gasteiger partial charge is 0.336 e. The second-order valence-corrected chi connectivity index (χ2v) is 9.48. The van der Waals surface area contributed by atoms with Crippen LogP contribution in [0.1, 0.15) is 130 Å². The largest absolute Gasteiger partial charge is 0.337 e. The zero-order valence-corrected chi connectivity index (χ0v) is 21.4. The van der Waals surface area contributed by atoms with Gasteiger partial charge in [-0.1, -0.05) is 97.8 Å². The van der Waals surface area contributed by atoms with E-state index in [-0.39, 0.29) is 18.1 Å². The van der Waals surface area contributed by atoms with Crippen LogP contribution in [0.2, 0.25) is 0 Å². The highest BCUT2D eigenvalue weighted by molar-refractivity contribution is 5.80. The molecule has 1 fully saturated rings. The number of hydrogen-bond donors (Lipinski definition) is 2. The lowest BCUT2D eigenvalue weighted by molar-refractivity contribution is 0.108. The van der Waals surface area contributed by atoms with Gasteiger partial charge in [0.2, 0.25) is 0 Å². The molecule has 0 unspecified atom stereocenters. The van der Waals surface area contributed by atoms with Crippen molar-refractivity contribution >= 4 is 12.1 Å². The third-order valence-corrected chi connectivity index (χ3v) is 6.53. The molecule has 1 saturated carbocycles. The molecule has 0 saturated heterocycles. The van der Waals surface area contributed by atoms with E-state index in [0.717, 1.165) is 77.3 Å². The molecule has 0 atom stereocenters. The minimum atomic E-state index is -0.140. The molecule has 0 bridgehead atoms. The van der Waals surface area contributed by atoms with Crippen molar-refractivity contribution < 1.29 is 9.59 Å². The van der Waals surface area contributed by atoms with Crippen LogP contribution < -0.4 is 10.7 Å². The lowest BCUT2D eigenvalue weighted by Gasteiger charge is -2.36. The molecular weight excluding hydrogens is 400 g/mol. The summed E-state index contributed by atoms with van der Waals surface area (Å²) in [5.74, 6) is 0. The number of nitrogens with one attached hydrogen (secondary N) is 2. The lowest BCUT2D eigenvalue weighted by Crippen LogP contribution is -2.58. The van der Waals surface area contributed by atoms with Crippen molar-refractivity contribution in [2.75, 3.05) is 19.6 Å². The zero-order valence-electron chi connectivity index (χ0n) is 21.4. The predicted octanol–water partition coefficient (Wildman–Crippen LogP) is 7.00. The van der Waals surface area contributed by atoms with Crippen molar-refractivity contribution in [3.05, 3.63) is 0 Å². The van der Waals surface area contributed by atoms with Crippen molar-refractivity contribution in [3.8, 4) is 0 Å². The Morgan fingerprint density at radius 3 is 1.75 bits per heavy atom. The summed E-state index contributed by atoms with van der Waals surface area (Å²) in [6, 6.07) is -0.145. The molecule has 0 spiro atoms. The van der Waals surface area contributed by atoms with Gasteiger partial charge in [0.1, 0.15) is 0 Å². The summed E-state index contributed by atoms with van der Waals surface area (Å²) in [5.41, 5.74) is 3.03. The number of amides is 4. The Balaban J connectivity index is 2.70. The minimum absolute atomic E-state index is 0.102. The van der Waals surface area contributed by atoms with E-state index in [1.54, 1.807) is 5.01 Å². The first-order chi connectivity index (χ1) is 15.6. The number of hydrogen-bond acceptors (Lipinski definition) is 2. The Morgan fingerprint density at radius 1 is 0.688 bits per heavy atom. The van der Waals surface area contributed by atoms with E-state index >= 15 is 0 Å². The summed E-state index contributed by atoms with van der Waals surface area (Å²) in [4.78, 5) is 28.2. The molecule has 0 aromatic heterocycles. The topological polar surface area (TPSA) is 64.7 Å². The van der Waals surface area contributed by atoms with Gasteiger partial charge in [-0.2, -0.15) is 0 Å². The van der Waals surface area contributed by atoms with Gasteiger partial charge in [0.15, 0.2) is 0 Å². The average molecular weight is 453 g/mol. The van der Waals surface area contributed by atoms with Crippen LogP contribution in [0.15, 0.2) is 0 Å². The van der Waals surface area contributed by atoms with Crippen molar-refractivity contribution in [1.29, 1.82) is 0 Å². The molecule has 0 aromatic carbocycles. The highest BCUT2D eigenvalue weighted by Gasteiger charge is 2.28. The normalized spacial score (nSPS) is 14.2. The minimum Gasteiger partial charge on any atom is -0.337 e. The van der Waals surface area contributed by atoms with E-state index in [9.17, 15) is 9.59 Å². The Labute approximate surface area is 198 Å². The quantitative estimate of drug-likeness (QED) is 0.196. The number of urea groups is 2. The van der Waals surface area contributed by atoms with Crippen molar-refractivity contribution in [2.24, 2.45) is 0 Å². The van der Waals surface area contributed by atoms with E-state index < -0.39 is 0 Å². The monoisotopic (exact) mass is 452 g/mol. The first-order valence-corrected chi connectivity index (χ1v) is 13.8. The van der Waals surface area contributed by atoms with Crippen molar-refractivity contribution in [3.63, 3.8) is 0 Å². The van der Waals surface area contributed by atoms with Crippen LogP contribution in [0.25, 0.3) is 0 Å². The van der Waals surface area contributed by atoms with Gasteiger partial charge in [0, 0.05) is 19.6 Å². The average Bonchev–Trinajstić information content (AvgIpc) is 2.81. The standard InChI is InChI=1S/C26H52N4O2/c1-4-7-10-16-21-27-25(31)30(24-19-14-13-15-20-24)28-26(32)29(22-17-11-8-5-2)23-18-12-9-6-3/h24H,4-23H2,1-3H3,(H,27,31)(H,28,32). The summed E-state index contributed by atoms with van der Waals surface area (Å²) in [6.07, 6.45) is 19.1. The molecule has 188 valence electrons. The molecule has 0 heterocycles. The van der Waals surface area contributed by atoms with E-state index in [1.807, 2.05) is 4.90 Å². The van der Waals surface area contributed by atoms with Crippen LogP contribution in [0.3, 0.4) is 0 Å². The molecule has 4 amide bonds. The highest BCUT2D eigenvalue weighted by Crippen LogP contribution is 2.22. The molecular formula is C26H52N4O2. The summed E-state index contributed by atoms with van der Waals surface area (Å²) >= 11 is 0. The molecule has 6 heteroatoms. The zero-order chi connectivity index (χ0) is 23.4. The number of carbonyl (C=O) groups excluding carboxylic acids is 2. The van der Waals surface area contributed by atoms with E-state index in [4.69, 9.17) is 0 Å². The molecule has 1 aliphatic rings. The van der Waals surface area contributed by atoms with Gasteiger partial charge in [-0.25, -0.2) is 20.0 Å².